The van der Waals surface area contributed by atoms with Gasteiger partial charge < -0.3 is 14.4 Å². The topological polar surface area (TPSA) is 72.9 Å². The van der Waals surface area contributed by atoms with E-state index in [9.17, 15) is 14.4 Å². The predicted octanol–water partition coefficient (Wildman–Crippen LogP) is 3.00. The van der Waals surface area contributed by atoms with E-state index in [0.717, 1.165) is 17.2 Å². The van der Waals surface area contributed by atoms with Gasteiger partial charge >= 0.3 is 11.9 Å². The number of Topliss-reactive ketones (excluding diaryl/α,β-unsaturated/α-hetero) is 1. The molecule has 1 heterocycles. The first-order valence-corrected chi connectivity index (χ1v) is 8.58. The lowest BCUT2D eigenvalue weighted by Gasteiger charge is -2.35. The number of carbonyl (C=O) groups excluding carboxylic acids is 3. The smallest absolute Gasteiger partial charge is 0.355 e. The van der Waals surface area contributed by atoms with E-state index in [2.05, 4.69) is 0 Å². The number of rotatable bonds is 7. The summed E-state index contributed by atoms with van der Waals surface area (Å²) in [6.07, 6.45) is 4.84. The maximum absolute atomic E-state index is 12.5. The third kappa shape index (κ3) is 4.59. The molecule has 2 rings (SSSR count). The first-order chi connectivity index (χ1) is 12.5. The summed E-state index contributed by atoms with van der Waals surface area (Å²) in [4.78, 5) is 37.9. The molecule has 1 aromatic rings. The summed E-state index contributed by atoms with van der Waals surface area (Å²) in [5, 5.41) is 0. The van der Waals surface area contributed by atoms with Crippen LogP contribution in [0.3, 0.4) is 0 Å². The van der Waals surface area contributed by atoms with Gasteiger partial charge in [-0.2, -0.15) is 0 Å². The average Bonchev–Trinajstić information content (AvgIpc) is 2.60. The first kappa shape index (κ1) is 19.4. The molecule has 0 aromatic heterocycles. The molecule has 1 atom stereocenters. The average molecular weight is 357 g/mol. The Morgan fingerprint density at radius 2 is 1.81 bits per heavy atom. The Bertz CT molecular complexity index is 750. The lowest BCUT2D eigenvalue weighted by atomic mass is 9.92. The van der Waals surface area contributed by atoms with Crippen LogP contribution in [-0.2, 0) is 23.9 Å². The second kappa shape index (κ2) is 8.99. The van der Waals surface area contributed by atoms with Crippen LogP contribution in [0.2, 0.25) is 0 Å². The quantitative estimate of drug-likeness (QED) is 0.552. The number of ketones is 1. The van der Waals surface area contributed by atoms with Gasteiger partial charge in [0.2, 0.25) is 0 Å². The highest BCUT2D eigenvalue weighted by atomic mass is 16.5. The van der Waals surface area contributed by atoms with Gasteiger partial charge in [0, 0.05) is 12.6 Å². The Balaban J connectivity index is 2.49. The van der Waals surface area contributed by atoms with E-state index in [4.69, 9.17) is 9.47 Å². The fourth-order valence-electron chi connectivity index (χ4n) is 2.85. The molecule has 26 heavy (non-hydrogen) atoms. The Morgan fingerprint density at radius 3 is 2.46 bits per heavy atom. The molecule has 0 N–H and O–H groups in total. The summed E-state index contributed by atoms with van der Waals surface area (Å²) in [6, 6.07) is 7.23. The highest BCUT2D eigenvalue weighted by molar-refractivity contribution is 5.96. The van der Waals surface area contributed by atoms with Crippen molar-refractivity contribution in [3.05, 3.63) is 53.4 Å². The van der Waals surface area contributed by atoms with Crippen molar-refractivity contribution >= 4 is 23.8 Å². The molecule has 1 aromatic carbocycles. The fraction of sp³-hybridized carbons (Fsp3) is 0.350. The molecular weight excluding hydrogens is 334 g/mol. The zero-order chi connectivity index (χ0) is 19.1. The van der Waals surface area contributed by atoms with Gasteiger partial charge in [-0.15, -0.1) is 0 Å². The number of benzene rings is 1. The molecule has 0 fully saturated rings. The van der Waals surface area contributed by atoms with Crippen molar-refractivity contribution in [3.8, 4) is 0 Å². The normalized spacial score (nSPS) is 16.0. The molecule has 6 nitrogen and oxygen atoms in total. The predicted molar refractivity (Wildman–Crippen MR) is 96.7 cm³/mol. The number of hydrogen-bond donors (Lipinski definition) is 0. The Kier molecular flexibility index (Phi) is 6.72. The largest absolute Gasteiger partial charge is 0.463 e. The van der Waals surface area contributed by atoms with Crippen molar-refractivity contribution in [2.45, 2.75) is 33.2 Å². The van der Waals surface area contributed by atoms with Crippen molar-refractivity contribution in [3.63, 3.8) is 0 Å². The first-order valence-electron chi connectivity index (χ1n) is 8.58. The number of esters is 2. The van der Waals surface area contributed by atoms with Crippen LogP contribution in [0.1, 0.15) is 44.4 Å². The van der Waals surface area contributed by atoms with Gasteiger partial charge in [-0.25, -0.2) is 9.59 Å². The molecule has 1 aliphatic rings. The SMILES string of the molecule is CCOC(=O)/C=C(/C(=O)OCC)N1C=Cc2ccccc2C1CC(C)=O. The maximum atomic E-state index is 12.5. The van der Waals surface area contributed by atoms with E-state index >= 15 is 0 Å². The van der Waals surface area contributed by atoms with Crippen LogP contribution in [0.15, 0.2) is 42.2 Å². The molecule has 0 spiro atoms. The summed E-state index contributed by atoms with van der Waals surface area (Å²) >= 11 is 0. The van der Waals surface area contributed by atoms with Crippen LogP contribution >= 0.6 is 0 Å². The van der Waals surface area contributed by atoms with Crippen molar-refractivity contribution in [2.75, 3.05) is 13.2 Å². The van der Waals surface area contributed by atoms with Gasteiger partial charge in [-0.05, 0) is 38.0 Å². The van der Waals surface area contributed by atoms with E-state index in [1.54, 1.807) is 24.9 Å². The van der Waals surface area contributed by atoms with E-state index in [0.29, 0.717) is 0 Å². The van der Waals surface area contributed by atoms with Crippen molar-refractivity contribution in [1.29, 1.82) is 0 Å². The number of ether oxygens (including phenoxy) is 2. The third-order valence-electron chi connectivity index (χ3n) is 3.89. The van der Waals surface area contributed by atoms with Crippen LogP contribution < -0.4 is 0 Å². The number of hydrogen-bond acceptors (Lipinski definition) is 6. The van der Waals surface area contributed by atoms with Gasteiger partial charge in [0.1, 0.15) is 11.5 Å². The molecule has 0 aliphatic carbocycles. The van der Waals surface area contributed by atoms with E-state index in [1.165, 1.54) is 6.92 Å². The lowest BCUT2D eigenvalue weighted by Crippen LogP contribution is -2.32. The molecule has 0 saturated heterocycles. The van der Waals surface area contributed by atoms with Crippen LogP contribution in [-0.4, -0.2) is 35.8 Å². The number of nitrogens with zero attached hydrogens (tertiary/aromatic N) is 1. The summed E-state index contributed by atoms with van der Waals surface area (Å²) in [5.74, 6) is -1.30. The zero-order valence-corrected chi connectivity index (χ0v) is 15.2. The lowest BCUT2D eigenvalue weighted by molar-refractivity contribution is -0.142. The standard InChI is InChI=1S/C20H23NO5/c1-4-25-19(23)13-18(20(24)26-5-2)21-11-10-15-8-6-7-9-16(15)17(21)12-14(3)22/h6-11,13,17H,4-5,12H2,1-3H3/b18-13-. The Morgan fingerprint density at radius 1 is 1.12 bits per heavy atom. The molecule has 1 aliphatic heterocycles. The second-order valence-electron chi connectivity index (χ2n) is 5.78. The number of carbonyl (C=O) groups is 3. The molecule has 0 bridgehead atoms. The van der Waals surface area contributed by atoms with E-state index in [-0.39, 0.29) is 31.1 Å². The van der Waals surface area contributed by atoms with Crippen molar-refractivity contribution < 1.29 is 23.9 Å². The van der Waals surface area contributed by atoms with E-state index < -0.39 is 18.0 Å². The van der Waals surface area contributed by atoms with Gasteiger partial charge in [-0.1, -0.05) is 24.3 Å². The third-order valence-corrected chi connectivity index (χ3v) is 3.89. The number of fused-ring (bicyclic) bond motifs is 1. The molecule has 0 amide bonds. The summed E-state index contributed by atoms with van der Waals surface area (Å²) in [6.45, 7) is 5.24. The van der Waals surface area contributed by atoms with Crippen molar-refractivity contribution in [2.24, 2.45) is 0 Å². The van der Waals surface area contributed by atoms with Crippen LogP contribution in [0.25, 0.3) is 6.08 Å². The molecule has 1 unspecified atom stereocenters. The molecule has 0 saturated carbocycles. The zero-order valence-electron chi connectivity index (χ0n) is 15.2. The minimum absolute atomic E-state index is 0.0237. The Labute approximate surface area is 153 Å². The molecule has 0 radical (unpaired) electrons. The Hall–Kier alpha value is -2.89. The van der Waals surface area contributed by atoms with Gasteiger partial charge in [-0.3, -0.25) is 4.79 Å². The molecule has 138 valence electrons. The summed E-state index contributed by atoms with van der Waals surface area (Å²) in [5.41, 5.74) is 1.92. The molecule has 6 heteroatoms. The minimum Gasteiger partial charge on any atom is -0.463 e. The van der Waals surface area contributed by atoms with Crippen LogP contribution in [0.4, 0.5) is 0 Å². The van der Waals surface area contributed by atoms with E-state index in [1.807, 2.05) is 30.3 Å². The van der Waals surface area contributed by atoms with Gasteiger partial charge in [0.15, 0.2) is 0 Å². The van der Waals surface area contributed by atoms with Gasteiger partial charge in [0.25, 0.3) is 0 Å². The fourth-order valence-corrected chi connectivity index (χ4v) is 2.85. The second-order valence-corrected chi connectivity index (χ2v) is 5.78. The monoisotopic (exact) mass is 357 g/mol. The van der Waals surface area contributed by atoms with Crippen LogP contribution in [0.5, 0.6) is 0 Å². The highest BCUT2D eigenvalue weighted by Gasteiger charge is 2.31. The summed E-state index contributed by atoms with van der Waals surface area (Å²) in [7, 11) is 0. The molecular formula is C20H23NO5. The van der Waals surface area contributed by atoms with Gasteiger partial charge in [0.05, 0.1) is 25.3 Å². The maximum Gasteiger partial charge on any atom is 0.355 e. The highest BCUT2D eigenvalue weighted by Crippen LogP contribution is 2.35. The van der Waals surface area contributed by atoms with Crippen molar-refractivity contribution in [1.82, 2.24) is 4.90 Å². The summed E-state index contributed by atoms with van der Waals surface area (Å²) < 4.78 is 10.0. The minimum atomic E-state index is -0.641. The van der Waals surface area contributed by atoms with Crippen LogP contribution in [0, 0.1) is 0 Å².